The van der Waals surface area contributed by atoms with Crippen molar-refractivity contribution in [3.8, 4) is 5.88 Å². The van der Waals surface area contributed by atoms with Gasteiger partial charge in [-0.2, -0.15) is 0 Å². The third-order valence-corrected chi connectivity index (χ3v) is 3.10. The SMILES string of the molecule is CCNC1COCC1C(=O)Nc1ccc(OC)nc1. The fourth-order valence-corrected chi connectivity index (χ4v) is 2.09. The highest BCUT2D eigenvalue weighted by Gasteiger charge is 2.33. The number of amides is 1. The summed E-state index contributed by atoms with van der Waals surface area (Å²) >= 11 is 0. The van der Waals surface area contributed by atoms with E-state index in [2.05, 4.69) is 15.6 Å². The first-order chi connectivity index (χ1) is 9.24. The van der Waals surface area contributed by atoms with Crippen molar-refractivity contribution in [1.82, 2.24) is 10.3 Å². The lowest BCUT2D eigenvalue weighted by Crippen LogP contribution is -2.41. The Bertz CT molecular complexity index is 422. The number of likely N-dealkylation sites (N-methyl/N-ethyl adjacent to an activating group) is 1. The predicted molar refractivity (Wildman–Crippen MR) is 71.2 cm³/mol. The Balaban J connectivity index is 1.95. The van der Waals surface area contributed by atoms with Crippen LogP contribution in [0.4, 0.5) is 5.69 Å². The van der Waals surface area contributed by atoms with Crippen molar-refractivity contribution in [2.45, 2.75) is 13.0 Å². The second kappa shape index (κ2) is 6.49. The molecule has 2 rings (SSSR count). The summed E-state index contributed by atoms with van der Waals surface area (Å²) in [6, 6.07) is 3.56. The van der Waals surface area contributed by atoms with Gasteiger partial charge < -0.3 is 20.1 Å². The second-order valence-electron chi connectivity index (χ2n) is 4.39. The van der Waals surface area contributed by atoms with Crippen molar-refractivity contribution in [2.75, 3.05) is 32.2 Å². The van der Waals surface area contributed by atoms with Gasteiger partial charge in [-0.1, -0.05) is 6.92 Å². The molecule has 1 saturated heterocycles. The zero-order valence-corrected chi connectivity index (χ0v) is 11.2. The lowest BCUT2D eigenvalue weighted by Gasteiger charge is -2.17. The smallest absolute Gasteiger partial charge is 0.231 e. The minimum absolute atomic E-state index is 0.0459. The van der Waals surface area contributed by atoms with Gasteiger partial charge in [0.1, 0.15) is 0 Å². The molecule has 1 aromatic rings. The molecule has 0 bridgehead atoms. The molecule has 1 aliphatic rings. The molecular formula is C13H19N3O3. The summed E-state index contributed by atoms with van der Waals surface area (Å²) in [5, 5.41) is 6.10. The molecule has 1 aliphatic heterocycles. The molecule has 19 heavy (non-hydrogen) atoms. The average molecular weight is 265 g/mol. The van der Waals surface area contributed by atoms with Crippen LogP contribution in [0.3, 0.4) is 0 Å². The molecule has 0 aliphatic carbocycles. The first kappa shape index (κ1) is 13.8. The van der Waals surface area contributed by atoms with Gasteiger partial charge in [0.15, 0.2) is 0 Å². The number of hydrogen-bond donors (Lipinski definition) is 2. The third kappa shape index (κ3) is 3.42. The summed E-state index contributed by atoms with van der Waals surface area (Å²) in [6.45, 7) is 3.86. The number of methoxy groups -OCH3 is 1. The lowest BCUT2D eigenvalue weighted by molar-refractivity contribution is -0.120. The standard InChI is InChI=1S/C13H19N3O3/c1-3-14-11-8-19-7-10(11)13(17)16-9-4-5-12(18-2)15-6-9/h4-6,10-11,14H,3,7-8H2,1-2H3,(H,16,17). The highest BCUT2D eigenvalue weighted by Crippen LogP contribution is 2.17. The molecule has 104 valence electrons. The Kier molecular flexibility index (Phi) is 4.70. The molecule has 2 unspecified atom stereocenters. The van der Waals surface area contributed by atoms with E-state index in [0.29, 0.717) is 24.8 Å². The fourth-order valence-electron chi connectivity index (χ4n) is 2.09. The Morgan fingerprint density at radius 2 is 2.37 bits per heavy atom. The summed E-state index contributed by atoms with van der Waals surface area (Å²) < 4.78 is 10.3. The van der Waals surface area contributed by atoms with Crippen molar-refractivity contribution < 1.29 is 14.3 Å². The van der Waals surface area contributed by atoms with E-state index in [4.69, 9.17) is 9.47 Å². The molecule has 1 aromatic heterocycles. The van der Waals surface area contributed by atoms with E-state index in [9.17, 15) is 4.79 Å². The molecule has 1 fully saturated rings. The first-order valence-electron chi connectivity index (χ1n) is 6.36. The zero-order chi connectivity index (χ0) is 13.7. The largest absolute Gasteiger partial charge is 0.481 e. The monoisotopic (exact) mass is 265 g/mol. The normalized spacial score (nSPS) is 22.2. The molecule has 2 N–H and O–H groups in total. The van der Waals surface area contributed by atoms with E-state index in [1.807, 2.05) is 6.92 Å². The summed E-state index contributed by atoms with van der Waals surface area (Å²) in [6.07, 6.45) is 1.58. The molecule has 0 aromatic carbocycles. The summed E-state index contributed by atoms with van der Waals surface area (Å²) in [4.78, 5) is 16.2. The third-order valence-electron chi connectivity index (χ3n) is 3.10. The van der Waals surface area contributed by atoms with Crippen LogP contribution >= 0.6 is 0 Å². The van der Waals surface area contributed by atoms with Crippen LogP contribution in [0.1, 0.15) is 6.92 Å². The van der Waals surface area contributed by atoms with Crippen LogP contribution in [0.5, 0.6) is 5.88 Å². The molecule has 2 heterocycles. The van der Waals surface area contributed by atoms with Crippen LogP contribution in [-0.2, 0) is 9.53 Å². The predicted octanol–water partition coefficient (Wildman–Crippen LogP) is 0.653. The average Bonchev–Trinajstić information content (AvgIpc) is 2.88. The first-order valence-corrected chi connectivity index (χ1v) is 6.36. The minimum atomic E-state index is -0.165. The van der Waals surface area contributed by atoms with Crippen LogP contribution < -0.4 is 15.4 Å². The Morgan fingerprint density at radius 3 is 3.00 bits per heavy atom. The Labute approximate surface area is 112 Å². The Morgan fingerprint density at radius 1 is 1.53 bits per heavy atom. The van der Waals surface area contributed by atoms with Gasteiger partial charge in [-0.25, -0.2) is 4.98 Å². The van der Waals surface area contributed by atoms with E-state index in [1.54, 1.807) is 25.4 Å². The quantitative estimate of drug-likeness (QED) is 0.818. The van der Waals surface area contributed by atoms with Gasteiger partial charge in [0.05, 0.1) is 38.1 Å². The van der Waals surface area contributed by atoms with Gasteiger partial charge in [0.2, 0.25) is 11.8 Å². The van der Waals surface area contributed by atoms with Crippen LogP contribution in [0.15, 0.2) is 18.3 Å². The van der Waals surface area contributed by atoms with Gasteiger partial charge in [-0.3, -0.25) is 4.79 Å². The number of aromatic nitrogens is 1. The van der Waals surface area contributed by atoms with Gasteiger partial charge in [0.25, 0.3) is 0 Å². The number of pyridine rings is 1. The Hall–Kier alpha value is -1.66. The topological polar surface area (TPSA) is 72.5 Å². The molecule has 1 amide bonds. The van der Waals surface area contributed by atoms with Crippen molar-refractivity contribution in [2.24, 2.45) is 5.92 Å². The molecular weight excluding hydrogens is 246 g/mol. The van der Waals surface area contributed by atoms with Crippen LogP contribution in [0.2, 0.25) is 0 Å². The number of nitrogens with one attached hydrogen (secondary N) is 2. The van der Waals surface area contributed by atoms with Crippen molar-refractivity contribution in [3.63, 3.8) is 0 Å². The molecule has 0 saturated carbocycles. The maximum Gasteiger partial charge on any atom is 0.231 e. The molecule has 6 heteroatoms. The highest BCUT2D eigenvalue weighted by molar-refractivity contribution is 5.93. The lowest BCUT2D eigenvalue weighted by atomic mass is 10.0. The van der Waals surface area contributed by atoms with Crippen LogP contribution in [0.25, 0.3) is 0 Å². The molecule has 2 atom stereocenters. The number of carbonyl (C=O) groups excluding carboxylic acids is 1. The number of anilines is 1. The van der Waals surface area contributed by atoms with Gasteiger partial charge >= 0.3 is 0 Å². The van der Waals surface area contributed by atoms with Crippen molar-refractivity contribution in [1.29, 1.82) is 0 Å². The van der Waals surface area contributed by atoms with E-state index < -0.39 is 0 Å². The number of carbonyl (C=O) groups is 1. The molecule has 0 spiro atoms. The van der Waals surface area contributed by atoms with Crippen molar-refractivity contribution in [3.05, 3.63) is 18.3 Å². The van der Waals surface area contributed by atoms with Crippen LogP contribution in [-0.4, -0.2) is 43.8 Å². The van der Waals surface area contributed by atoms with Gasteiger partial charge in [-0.05, 0) is 12.6 Å². The van der Waals surface area contributed by atoms with Crippen molar-refractivity contribution >= 4 is 11.6 Å². The maximum atomic E-state index is 12.2. The minimum Gasteiger partial charge on any atom is -0.481 e. The van der Waals surface area contributed by atoms with E-state index in [-0.39, 0.29) is 17.9 Å². The zero-order valence-electron chi connectivity index (χ0n) is 11.2. The summed E-state index contributed by atoms with van der Waals surface area (Å²) in [5.74, 6) is 0.310. The van der Waals surface area contributed by atoms with E-state index in [1.165, 1.54) is 0 Å². The van der Waals surface area contributed by atoms with Crippen LogP contribution in [0, 0.1) is 5.92 Å². The second-order valence-corrected chi connectivity index (χ2v) is 4.39. The number of nitrogens with zero attached hydrogens (tertiary/aromatic N) is 1. The van der Waals surface area contributed by atoms with Gasteiger partial charge in [-0.15, -0.1) is 0 Å². The molecule has 0 radical (unpaired) electrons. The highest BCUT2D eigenvalue weighted by atomic mass is 16.5. The van der Waals surface area contributed by atoms with E-state index >= 15 is 0 Å². The number of rotatable bonds is 5. The van der Waals surface area contributed by atoms with Gasteiger partial charge in [0, 0.05) is 12.1 Å². The summed E-state index contributed by atoms with van der Waals surface area (Å²) in [5.41, 5.74) is 0.660. The molecule has 6 nitrogen and oxygen atoms in total. The maximum absolute atomic E-state index is 12.2. The van der Waals surface area contributed by atoms with E-state index in [0.717, 1.165) is 6.54 Å². The summed E-state index contributed by atoms with van der Waals surface area (Å²) in [7, 11) is 1.55. The number of ether oxygens (including phenoxy) is 2. The number of hydrogen-bond acceptors (Lipinski definition) is 5. The fraction of sp³-hybridized carbons (Fsp3) is 0.538.